The number of rotatable bonds is 5. The van der Waals surface area contributed by atoms with E-state index in [1.807, 2.05) is 0 Å². The minimum atomic E-state index is -4.00. The van der Waals surface area contributed by atoms with Gasteiger partial charge in [-0.05, 0) is 56.9 Å². The molecule has 1 fully saturated rings. The molecule has 0 aliphatic heterocycles. The molecule has 0 aromatic carbocycles. The lowest BCUT2D eigenvalue weighted by atomic mass is 9.94. The maximum Gasteiger partial charge on any atom is 0.249 e. The average Bonchev–Trinajstić information content (AvgIpc) is 3.26. The van der Waals surface area contributed by atoms with E-state index in [0.717, 1.165) is 23.0 Å². The lowest BCUT2D eigenvalue weighted by molar-refractivity contribution is 0.313. The van der Waals surface area contributed by atoms with Crippen LogP contribution in [0.5, 0.6) is 0 Å². The van der Waals surface area contributed by atoms with Crippen LogP contribution < -0.4 is 5.32 Å². The number of nitrogens with one attached hydrogen (secondary N) is 1. The van der Waals surface area contributed by atoms with E-state index < -0.39 is 20.6 Å². The normalized spacial score (nSPS) is 23.7. The van der Waals surface area contributed by atoms with Gasteiger partial charge in [-0.15, -0.1) is 0 Å². The maximum absolute atomic E-state index is 14.7. The predicted octanol–water partition coefficient (Wildman–Crippen LogP) is 4.84. The second kappa shape index (κ2) is 9.29. The molecule has 9 nitrogen and oxygen atoms in total. The second-order valence-electron chi connectivity index (χ2n) is 9.16. The fraction of sp³-hybridized carbons (Fsp3) is 0.333. The minimum absolute atomic E-state index is 0.00377. The van der Waals surface area contributed by atoms with Crippen molar-refractivity contribution in [3.05, 3.63) is 59.8 Å². The molecule has 0 saturated heterocycles. The van der Waals surface area contributed by atoms with Crippen LogP contribution in [0.2, 0.25) is 0 Å². The Morgan fingerprint density at radius 1 is 1.36 bits per heavy atom. The van der Waals surface area contributed by atoms with E-state index in [0.29, 0.717) is 34.5 Å². The highest BCUT2D eigenvalue weighted by molar-refractivity contribution is 7.91. The monoisotopic (exact) mass is 530 g/mol. The number of pyridine rings is 1. The molecule has 188 valence electrons. The molecule has 3 aromatic heterocycles. The molecule has 0 bridgehead atoms. The van der Waals surface area contributed by atoms with Crippen molar-refractivity contribution in [3.63, 3.8) is 0 Å². The summed E-state index contributed by atoms with van der Waals surface area (Å²) in [6.45, 7) is 1.60. The summed E-state index contributed by atoms with van der Waals surface area (Å²) in [5, 5.41) is 16.3. The third-order valence-corrected chi connectivity index (χ3v) is 9.09. The first-order valence-corrected chi connectivity index (χ1v) is 13.3. The van der Waals surface area contributed by atoms with E-state index in [4.69, 9.17) is 16.8 Å². The summed E-state index contributed by atoms with van der Waals surface area (Å²) < 4.78 is 42.1. The molecule has 0 amide bonds. The Labute approximate surface area is 212 Å². The highest BCUT2D eigenvalue weighted by Gasteiger charge is 2.40. The van der Waals surface area contributed by atoms with Crippen molar-refractivity contribution in [2.24, 2.45) is 5.16 Å². The molecule has 1 saturated carbocycles. The van der Waals surface area contributed by atoms with Crippen molar-refractivity contribution < 1.29 is 18.0 Å². The molecule has 1 unspecified atom stereocenters. The Balaban J connectivity index is 1.57. The third kappa shape index (κ3) is 4.26. The summed E-state index contributed by atoms with van der Waals surface area (Å²) in [5.74, 6) is -0.488. The zero-order valence-corrected chi connectivity index (χ0v) is 21.0. The van der Waals surface area contributed by atoms with Gasteiger partial charge in [-0.3, -0.25) is 0 Å². The zero-order valence-electron chi connectivity index (χ0n) is 19.4. The first-order valence-electron chi connectivity index (χ1n) is 11.5. The van der Waals surface area contributed by atoms with E-state index in [1.165, 1.54) is 18.5 Å². The molecule has 3 heterocycles. The molecule has 0 radical (unpaired) electrons. The van der Waals surface area contributed by atoms with Gasteiger partial charge in [-0.2, -0.15) is 0 Å². The van der Waals surface area contributed by atoms with Gasteiger partial charge in [0.05, 0.1) is 11.9 Å². The highest BCUT2D eigenvalue weighted by atomic mass is 35.5. The van der Waals surface area contributed by atoms with Gasteiger partial charge in [0.2, 0.25) is 10.0 Å². The number of anilines is 1. The van der Waals surface area contributed by atoms with Crippen molar-refractivity contribution in [3.8, 4) is 11.4 Å². The Kier molecular flexibility index (Phi) is 6.29. The van der Waals surface area contributed by atoms with Gasteiger partial charge in [0.15, 0.2) is 23.1 Å². The lowest BCUT2D eigenvalue weighted by Crippen LogP contribution is -2.38. The molecule has 2 aliphatic carbocycles. The van der Waals surface area contributed by atoms with Gasteiger partial charge in [0.25, 0.3) is 0 Å². The Hall–Kier alpha value is -3.31. The molecule has 3 aromatic rings. The van der Waals surface area contributed by atoms with Crippen LogP contribution in [0.15, 0.2) is 59.1 Å². The number of halogens is 2. The third-order valence-electron chi connectivity index (χ3n) is 6.59. The topological polar surface area (TPSA) is 122 Å². The van der Waals surface area contributed by atoms with Crippen LogP contribution in [-0.2, 0) is 10.0 Å². The number of nitrogens with zero attached hydrogens (tertiary/aromatic N) is 5. The first-order chi connectivity index (χ1) is 17.2. The van der Waals surface area contributed by atoms with Crippen molar-refractivity contribution in [2.75, 3.05) is 5.32 Å². The smallest absolute Gasteiger partial charge is 0.249 e. The van der Waals surface area contributed by atoms with Crippen molar-refractivity contribution in [1.82, 2.24) is 18.9 Å². The van der Waals surface area contributed by atoms with Crippen LogP contribution in [0.1, 0.15) is 39.0 Å². The van der Waals surface area contributed by atoms with Gasteiger partial charge < -0.3 is 10.5 Å². The fourth-order valence-electron chi connectivity index (χ4n) is 4.65. The van der Waals surface area contributed by atoms with Crippen LogP contribution in [0.25, 0.3) is 22.4 Å². The molecular formula is C24H24ClFN6O3S. The number of aromatic nitrogens is 4. The predicted molar refractivity (Wildman–Crippen MR) is 136 cm³/mol. The number of oxime groups is 1. The summed E-state index contributed by atoms with van der Waals surface area (Å²) >= 11 is 6.15. The largest absolute Gasteiger partial charge is 0.411 e. The van der Waals surface area contributed by atoms with E-state index in [2.05, 4.69) is 25.4 Å². The van der Waals surface area contributed by atoms with E-state index in [9.17, 15) is 12.8 Å². The van der Waals surface area contributed by atoms with Gasteiger partial charge in [0, 0.05) is 40.8 Å². The quantitative estimate of drug-likeness (QED) is 0.357. The van der Waals surface area contributed by atoms with Crippen LogP contribution in [0, 0.1) is 5.82 Å². The number of allylic oxidation sites excluding steroid dienone is 3. The van der Waals surface area contributed by atoms with Gasteiger partial charge in [-0.25, -0.2) is 31.7 Å². The first kappa shape index (κ1) is 24.4. The molecule has 0 spiro atoms. The standard InChI is InChI=1S/C24H24ClFN6O3S/c1-24(9-3-5-15(25)12-24)36(34,35)32-14-19(18-8-4-10-27-23(18)32)21-28-13-20(26)22(30-21)29-16-6-2-7-17(11-16)31-33/h3-5,8,10,12-14,16,33H,2,6-7,9,11H2,1H3,(H,28,29,30)/t16-,24?/m0/s1. The van der Waals surface area contributed by atoms with E-state index in [1.54, 1.807) is 31.2 Å². The molecule has 5 rings (SSSR count). The van der Waals surface area contributed by atoms with E-state index in [-0.39, 0.29) is 29.8 Å². The molecule has 2 atom stereocenters. The summed E-state index contributed by atoms with van der Waals surface area (Å²) in [6.07, 6.45) is 11.9. The molecule has 2 N–H and O–H groups in total. The van der Waals surface area contributed by atoms with Gasteiger partial charge in [-0.1, -0.05) is 22.8 Å². The SMILES string of the molecule is CC1(S(=O)(=O)n2cc(-c3ncc(F)c(N[C@H]4CCCC(=NO)C4)n3)c3cccnc32)C=C(Cl)C=CC1. The van der Waals surface area contributed by atoms with Crippen LogP contribution in [-0.4, -0.2) is 49.0 Å². The van der Waals surface area contributed by atoms with Crippen molar-refractivity contribution >= 4 is 44.2 Å². The lowest BCUT2D eigenvalue weighted by Gasteiger charge is -2.27. The summed E-state index contributed by atoms with van der Waals surface area (Å²) in [7, 11) is -4.00. The van der Waals surface area contributed by atoms with E-state index >= 15 is 0 Å². The Morgan fingerprint density at radius 2 is 2.19 bits per heavy atom. The summed E-state index contributed by atoms with van der Waals surface area (Å²) in [4.78, 5) is 12.9. The number of hydrogen-bond donors (Lipinski definition) is 2. The molecule has 2 aliphatic rings. The molecule has 36 heavy (non-hydrogen) atoms. The van der Waals surface area contributed by atoms with Gasteiger partial charge >= 0.3 is 0 Å². The minimum Gasteiger partial charge on any atom is -0.411 e. The van der Waals surface area contributed by atoms with Gasteiger partial charge in [0.1, 0.15) is 4.75 Å². The number of hydrogen-bond acceptors (Lipinski definition) is 8. The fourth-order valence-corrected chi connectivity index (χ4v) is 6.69. The highest BCUT2D eigenvalue weighted by Crippen LogP contribution is 2.36. The van der Waals surface area contributed by atoms with Crippen LogP contribution >= 0.6 is 11.6 Å². The second-order valence-corrected chi connectivity index (χ2v) is 11.9. The molecule has 12 heteroatoms. The van der Waals surface area contributed by atoms with Crippen LogP contribution in [0.4, 0.5) is 10.2 Å². The van der Waals surface area contributed by atoms with Crippen LogP contribution in [0.3, 0.4) is 0 Å². The Morgan fingerprint density at radius 3 is 2.97 bits per heavy atom. The zero-order chi connectivity index (χ0) is 25.5. The summed E-state index contributed by atoms with van der Waals surface area (Å²) in [5.41, 5.74) is 1.26. The average molecular weight is 531 g/mol. The number of fused-ring (bicyclic) bond motifs is 1. The summed E-state index contributed by atoms with van der Waals surface area (Å²) in [6, 6.07) is 3.26. The Bertz CT molecular complexity index is 1530. The van der Waals surface area contributed by atoms with Crippen molar-refractivity contribution in [1.29, 1.82) is 0 Å². The maximum atomic E-state index is 14.7. The molecular weight excluding hydrogens is 507 g/mol. The van der Waals surface area contributed by atoms with Crippen molar-refractivity contribution in [2.45, 2.75) is 49.8 Å².